The van der Waals surface area contributed by atoms with E-state index in [1.54, 1.807) is 0 Å². The number of carbonyl (C=O) groups is 1. The Labute approximate surface area is 139 Å². The molecule has 0 saturated carbocycles. The molecule has 0 radical (unpaired) electrons. The lowest BCUT2D eigenvalue weighted by atomic mass is 9.80. The van der Waals surface area contributed by atoms with Gasteiger partial charge in [0.2, 0.25) is 0 Å². The zero-order valence-corrected chi connectivity index (χ0v) is 14.6. The lowest BCUT2D eigenvalue weighted by molar-refractivity contribution is 0.112. The van der Waals surface area contributed by atoms with Crippen LogP contribution in [0.2, 0.25) is 0 Å². The monoisotopic (exact) mass is 326 g/mol. The van der Waals surface area contributed by atoms with E-state index in [4.69, 9.17) is 4.74 Å². The Balaban J connectivity index is 0.00000242. The van der Waals surface area contributed by atoms with Crippen LogP contribution in [0.15, 0.2) is 30.3 Å². The van der Waals surface area contributed by atoms with Crippen LogP contribution in [-0.2, 0) is 11.3 Å². The van der Waals surface area contributed by atoms with Crippen LogP contribution in [0.5, 0.6) is 0 Å². The quantitative estimate of drug-likeness (QED) is 0.891. The lowest BCUT2D eigenvalue weighted by Crippen LogP contribution is -2.62. The molecule has 1 amide bonds. The van der Waals surface area contributed by atoms with Gasteiger partial charge in [-0.1, -0.05) is 30.3 Å². The van der Waals surface area contributed by atoms with Crippen molar-refractivity contribution in [1.82, 2.24) is 10.6 Å². The average molecular weight is 327 g/mol. The number of amides is 1. The number of ether oxygens (including phenoxy) is 1. The summed E-state index contributed by atoms with van der Waals surface area (Å²) in [5, 5.41) is 6.60. The Morgan fingerprint density at radius 2 is 1.73 bits per heavy atom. The highest BCUT2D eigenvalue weighted by atomic mass is 35.5. The number of hydrogen-bond donors (Lipinski definition) is 2. The maximum Gasteiger partial charge on any atom is 0.407 e. The standard InChI is InChI=1S/C17H26N2O2.ClH/c1-16(2)10-14(11-17(3,4)19-16)18-15(20)21-12-13-8-6-5-7-9-13;/h5-9,14,19H,10-12H2,1-4H3,(H,18,20);1H. The molecule has 124 valence electrons. The van der Waals surface area contributed by atoms with Gasteiger partial charge in [-0.3, -0.25) is 0 Å². The highest BCUT2D eigenvalue weighted by Crippen LogP contribution is 2.28. The van der Waals surface area contributed by atoms with Crippen LogP contribution >= 0.6 is 12.4 Å². The molecule has 1 aromatic carbocycles. The molecule has 1 saturated heterocycles. The zero-order valence-electron chi connectivity index (χ0n) is 13.8. The summed E-state index contributed by atoms with van der Waals surface area (Å²) in [7, 11) is 0. The molecule has 0 atom stereocenters. The molecule has 2 rings (SSSR count). The summed E-state index contributed by atoms with van der Waals surface area (Å²) < 4.78 is 5.30. The molecule has 4 nitrogen and oxygen atoms in total. The minimum absolute atomic E-state index is 0. The molecule has 0 aliphatic carbocycles. The number of halogens is 1. The van der Waals surface area contributed by atoms with E-state index in [1.807, 2.05) is 30.3 Å². The van der Waals surface area contributed by atoms with Crippen molar-refractivity contribution in [3.05, 3.63) is 35.9 Å². The molecule has 1 aliphatic rings. The number of nitrogens with one attached hydrogen (secondary N) is 2. The number of piperidine rings is 1. The minimum Gasteiger partial charge on any atom is -0.445 e. The first-order chi connectivity index (χ1) is 9.76. The highest BCUT2D eigenvalue weighted by molar-refractivity contribution is 5.85. The van der Waals surface area contributed by atoms with Gasteiger partial charge < -0.3 is 15.4 Å². The predicted molar refractivity (Wildman–Crippen MR) is 91.3 cm³/mol. The number of carbonyl (C=O) groups excluding carboxylic acids is 1. The third-order valence-electron chi connectivity index (χ3n) is 3.72. The van der Waals surface area contributed by atoms with Gasteiger partial charge in [-0.15, -0.1) is 12.4 Å². The molecular weight excluding hydrogens is 300 g/mol. The van der Waals surface area contributed by atoms with Gasteiger partial charge in [0.05, 0.1) is 0 Å². The van der Waals surface area contributed by atoms with E-state index in [1.165, 1.54) is 0 Å². The summed E-state index contributed by atoms with van der Waals surface area (Å²) in [6, 6.07) is 9.86. The van der Waals surface area contributed by atoms with Crippen molar-refractivity contribution < 1.29 is 9.53 Å². The highest BCUT2D eigenvalue weighted by Gasteiger charge is 2.38. The summed E-state index contributed by atoms with van der Waals surface area (Å²) in [5.74, 6) is 0. The van der Waals surface area contributed by atoms with Crippen molar-refractivity contribution in [2.24, 2.45) is 0 Å². The SMILES string of the molecule is CC1(C)CC(NC(=O)OCc2ccccc2)CC(C)(C)N1.Cl. The van der Waals surface area contributed by atoms with Crippen molar-refractivity contribution in [3.8, 4) is 0 Å². The average Bonchev–Trinajstić information content (AvgIpc) is 2.33. The van der Waals surface area contributed by atoms with Gasteiger partial charge in [-0.05, 0) is 46.1 Å². The number of hydrogen-bond acceptors (Lipinski definition) is 3. The maximum atomic E-state index is 12.0. The fourth-order valence-corrected chi connectivity index (χ4v) is 3.36. The normalized spacial score (nSPS) is 19.8. The number of rotatable bonds is 3. The Bertz CT molecular complexity index is 473. The largest absolute Gasteiger partial charge is 0.445 e. The van der Waals surface area contributed by atoms with E-state index < -0.39 is 0 Å². The van der Waals surface area contributed by atoms with Gasteiger partial charge in [0.1, 0.15) is 6.61 Å². The summed E-state index contributed by atoms with van der Waals surface area (Å²) >= 11 is 0. The van der Waals surface area contributed by atoms with Crippen molar-refractivity contribution in [2.45, 2.75) is 64.3 Å². The van der Waals surface area contributed by atoms with Crippen LogP contribution < -0.4 is 10.6 Å². The van der Waals surface area contributed by atoms with Gasteiger partial charge in [0.25, 0.3) is 0 Å². The summed E-state index contributed by atoms with van der Waals surface area (Å²) in [4.78, 5) is 12.0. The number of alkyl carbamates (subject to hydrolysis) is 1. The van der Waals surface area contributed by atoms with Gasteiger partial charge >= 0.3 is 6.09 Å². The van der Waals surface area contributed by atoms with Crippen LogP contribution in [-0.4, -0.2) is 23.2 Å². The molecule has 0 aromatic heterocycles. The molecular formula is C17H27ClN2O2. The maximum absolute atomic E-state index is 12.0. The molecule has 1 heterocycles. The zero-order chi connectivity index (χ0) is 15.5. The second-order valence-corrected chi connectivity index (χ2v) is 7.20. The van der Waals surface area contributed by atoms with Crippen molar-refractivity contribution in [3.63, 3.8) is 0 Å². The second kappa shape index (κ2) is 7.34. The number of benzene rings is 1. The van der Waals surface area contributed by atoms with Crippen LogP contribution in [0.4, 0.5) is 4.79 Å². The third-order valence-corrected chi connectivity index (χ3v) is 3.72. The fraction of sp³-hybridized carbons (Fsp3) is 0.588. The van der Waals surface area contributed by atoms with E-state index in [9.17, 15) is 4.79 Å². The summed E-state index contributed by atoms with van der Waals surface area (Å²) in [6.07, 6.45) is 1.46. The van der Waals surface area contributed by atoms with Crippen LogP contribution in [0.25, 0.3) is 0 Å². The Hall–Kier alpha value is -1.26. The van der Waals surface area contributed by atoms with E-state index in [2.05, 4.69) is 38.3 Å². The van der Waals surface area contributed by atoms with Gasteiger partial charge in [0.15, 0.2) is 0 Å². The topological polar surface area (TPSA) is 50.4 Å². The van der Waals surface area contributed by atoms with Crippen molar-refractivity contribution in [1.29, 1.82) is 0 Å². The van der Waals surface area contributed by atoms with Crippen molar-refractivity contribution in [2.75, 3.05) is 0 Å². The van der Waals surface area contributed by atoms with Crippen LogP contribution in [0.3, 0.4) is 0 Å². The van der Waals surface area contributed by atoms with Crippen LogP contribution in [0.1, 0.15) is 46.1 Å². The fourth-order valence-electron chi connectivity index (χ4n) is 3.36. The van der Waals surface area contributed by atoms with Gasteiger partial charge in [-0.2, -0.15) is 0 Å². The minimum atomic E-state index is -0.336. The van der Waals surface area contributed by atoms with E-state index >= 15 is 0 Å². The first kappa shape index (κ1) is 18.8. The first-order valence-electron chi connectivity index (χ1n) is 7.52. The third kappa shape index (κ3) is 5.85. The summed E-state index contributed by atoms with van der Waals surface area (Å²) in [6.45, 7) is 8.97. The van der Waals surface area contributed by atoms with Gasteiger partial charge in [0, 0.05) is 17.1 Å². The smallest absolute Gasteiger partial charge is 0.407 e. The van der Waals surface area contributed by atoms with E-state index in [0.29, 0.717) is 6.61 Å². The molecule has 0 spiro atoms. The lowest BCUT2D eigenvalue weighted by Gasteiger charge is -2.46. The van der Waals surface area contributed by atoms with Crippen molar-refractivity contribution >= 4 is 18.5 Å². The van der Waals surface area contributed by atoms with E-state index in [0.717, 1.165) is 18.4 Å². The molecule has 1 aliphatic heterocycles. The molecule has 1 aromatic rings. The Kier molecular flexibility index (Phi) is 6.27. The molecule has 2 N–H and O–H groups in total. The predicted octanol–water partition coefficient (Wildman–Crippen LogP) is 3.64. The van der Waals surface area contributed by atoms with Gasteiger partial charge in [-0.25, -0.2) is 4.79 Å². The molecule has 22 heavy (non-hydrogen) atoms. The summed E-state index contributed by atoms with van der Waals surface area (Å²) in [5.41, 5.74) is 1.02. The molecule has 1 fully saturated rings. The Morgan fingerprint density at radius 3 is 2.27 bits per heavy atom. The molecule has 0 unspecified atom stereocenters. The second-order valence-electron chi connectivity index (χ2n) is 7.20. The molecule has 5 heteroatoms. The van der Waals surface area contributed by atoms with E-state index in [-0.39, 0.29) is 35.6 Å². The van der Waals surface area contributed by atoms with Crippen LogP contribution in [0, 0.1) is 0 Å². The Morgan fingerprint density at radius 1 is 1.18 bits per heavy atom. The first-order valence-corrected chi connectivity index (χ1v) is 7.52. The molecule has 0 bridgehead atoms.